The summed E-state index contributed by atoms with van der Waals surface area (Å²) in [5, 5.41) is 0. The molecule has 0 aromatic carbocycles. The van der Waals surface area contributed by atoms with Crippen LogP contribution in [0.2, 0.25) is 0 Å². The van der Waals surface area contributed by atoms with E-state index in [1.165, 1.54) is 0 Å². The lowest BCUT2D eigenvalue weighted by molar-refractivity contribution is 0.0751. The van der Waals surface area contributed by atoms with Gasteiger partial charge < -0.3 is 9.27 Å². The molecule has 0 radical (unpaired) electrons. The second kappa shape index (κ2) is 2.75. The molecule has 0 saturated carbocycles. The molecule has 4 heteroatoms. The molecular weight excluding hydrogens is 154 g/mol. The van der Waals surface area contributed by atoms with Gasteiger partial charge in [0.2, 0.25) is 0 Å². The largest absolute Gasteiger partial charge is 0.367 e. The van der Waals surface area contributed by atoms with Gasteiger partial charge >= 0.3 is 5.97 Å². The lowest BCUT2D eigenvalue weighted by atomic mass is 10.2. The summed E-state index contributed by atoms with van der Waals surface area (Å²) in [5.41, 5.74) is 1.29. The molecule has 1 rings (SSSR count). The maximum Gasteiger partial charge on any atom is 0.358 e. The van der Waals surface area contributed by atoms with Gasteiger partial charge in [0.05, 0.1) is 5.56 Å². The maximum absolute atomic E-state index is 10.7. The topological polar surface area (TPSA) is 42.1 Å². The van der Waals surface area contributed by atoms with Crippen molar-refractivity contribution < 1.29 is 9.08 Å². The van der Waals surface area contributed by atoms with Gasteiger partial charge in [-0.05, 0) is 12.5 Å². The standard InChI is InChI=1S/C6H6ClNO2/c1-4-2-8-3-5(4)6(9)10-7/h2-3,8H,1H3. The Balaban J connectivity index is 2.93. The van der Waals surface area contributed by atoms with Crippen LogP contribution in [0.5, 0.6) is 0 Å². The third-order valence-corrected chi connectivity index (χ3v) is 1.38. The van der Waals surface area contributed by atoms with Crippen molar-refractivity contribution in [2.45, 2.75) is 6.92 Å². The zero-order valence-corrected chi connectivity index (χ0v) is 6.11. The van der Waals surface area contributed by atoms with Crippen molar-refractivity contribution in [3.05, 3.63) is 23.5 Å². The predicted molar refractivity (Wildman–Crippen MR) is 36.8 cm³/mol. The molecule has 0 fully saturated rings. The van der Waals surface area contributed by atoms with Crippen LogP contribution in [-0.4, -0.2) is 11.0 Å². The molecule has 1 heterocycles. The summed E-state index contributed by atoms with van der Waals surface area (Å²) in [6.45, 7) is 1.79. The summed E-state index contributed by atoms with van der Waals surface area (Å²) in [6, 6.07) is 0. The van der Waals surface area contributed by atoms with E-state index in [2.05, 4.69) is 9.27 Å². The van der Waals surface area contributed by atoms with Crippen LogP contribution in [0.15, 0.2) is 12.4 Å². The second-order valence-electron chi connectivity index (χ2n) is 1.92. The summed E-state index contributed by atoms with van der Waals surface area (Å²) < 4.78 is 3.99. The number of carbonyl (C=O) groups excluding carboxylic acids is 1. The Labute approximate surface area is 63.1 Å². The minimum Gasteiger partial charge on any atom is -0.367 e. The van der Waals surface area contributed by atoms with E-state index in [0.717, 1.165) is 5.56 Å². The minimum atomic E-state index is -0.527. The van der Waals surface area contributed by atoms with Crippen molar-refractivity contribution in [1.82, 2.24) is 4.98 Å². The molecule has 1 aromatic heterocycles. The fraction of sp³-hybridized carbons (Fsp3) is 0.167. The van der Waals surface area contributed by atoms with E-state index in [9.17, 15) is 4.79 Å². The van der Waals surface area contributed by atoms with Crippen LogP contribution in [0.3, 0.4) is 0 Å². The van der Waals surface area contributed by atoms with Crippen LogP contribution in [0.1, 0.15) is 15.9 Å². The normalized spacial score (nSPS) is 9.40. The Morgan fingerprint density at radius 1 is 1.70 bits per heavy atom. The van der Waals surface area contributed by atoms with Gasteiger partial charge in [-0.1, -0.05) is 0 Å². The van der Waals surface area contributed by atoms with Crippen molar-refractivity contribution >= 4 is 17.8 Å². The number of aromatic nitrogens is 1. The molecule has 0 unspecified atom stereocenters. The quantitative estimate of drug-likeness (QED) is 0.677. The number of aromatic amines is 1. The molecule has 1 aromatic rings. The van der Waals surface area contributed by atoms with E-state index in [4.69, 9.17) is 11.9 Å². The highest BCUT2D eigenvalue weighted by atomic mass is 35.5. The zero-order valence-electron chi connectivity index (χ0n) is 5.35. The highest BCUT2D eigenvalue weighted by Crippen LogP contribution is 2.07. The second-order valence-corrected chi connectivity index (χ2v) is 2.07. The first-order valence-electron chi connectivity index (χ1n) is 2.72. The van der Waals surface area contributed by atoms with Crippen molar-refractivity contribution in [3.63, 3.8) is 0 Å². The van der Waals surface area contributed by atoms with Crippen LogP contribution in [0, 0.1) is 6.92 Å². The maximum atomic E-state index is 10.7. The molecule has 0 atom stereocenters. The lowest BCUT2D eigenvalue weighted by Crippen LogP contribution is -1.97. The van der Waals surface area contributed by atoms with E-state index in [0.29, 0.717) is 5.56 Å². The first-order chi connectivity index (χ1) is 4.75. The summed E-state index contributed by atoms with van der Waals surface area (Å²) in [7, 11) is 0. The molecule has 0 saturated heterocycles. The highest BCUT2D eigenvalue weighted by molar-refractivity contribution is 6.15. The molecule has 3 nitrogen and oxygen atoms in total. The molecule has 1 N–H and O–H groups in total. The average Bonchev–Trinajstić information content (AvgIpc) is 2.34. The van der Waals surface area contributed by atoms with Crippen LogP contribution < -0.4 is 0 Å². The fourth-order valence-corrected chi connectivity index (χ4v) is 0.786. The molecule has 0 aliphatic rings. The number of aryl methyl sites for hydroxylation is 1. The van der Waals surface area contributed by atoms with E-state index in [-0.39, 0.29) is 0 Å². The number of carbonyl (C=O) groups is 1. The third-order valence-electron chi connectivity index (χ3n) is 1.24. The Hall–Kier alpha value is -0.960. The van der Waals surface area contributed by atoms with E-state index >= 15 is 0 Å². The van der Waals surface area contributed by atoms with Crippen molar-refractivity contribution in [3.8, 4) is 0 Å². The van der Waals surface area contributed by atoms with Crippen LogP contribution in [-0.2, 0) is 4.29 Å². The molecule has 0 amide bonds. The molecule has 0 bridgehead atoms. The molecule has 0 aliphatic carbocycles. The fourth-order valence-electron chi connectivity index (χ4n) is 0.703. The van der Waals surface area contributed by atoms with E-state index in [1.807, 2.05) is 0 Å². The highest BCUT2D eigenvalue weighted by Gasteiger charge is 2.09. The van der Waals surface area contributed by atoms with E-state index < -0.39 is 5.97 Å². The number of nitrogens with one attached hydrogen (secondary N) is 1. The van der Waals surface area contributed by atoms with Crippen LogP contribution in [0.25, 0.3) is 0 Å². The van der Waals surface area contributed by atoms with Gasteiger partial charge in [0.15, 0.2) is 0 Å². The summed E-state index contributed by atoms with van der Waals surface area (Å²) in [5.74, 6) is -0.527. The molecule has 0 spiro atoms. The van der Waals surface area contributed by atoms with Crippen molar-refractivity contribution in [1.29, 1.82) is 0 Å². The lowest BCUT2D eigenvalue weighted by Gasteiger charge is -1.90. The molecule has 0 aliphatic heterocycles. The molecule has 10 heavy (non-hydrogen) atoms. The molecular formula is C6H6ClNO2. The van der Waals surface area contributed by atoms with Gasteiger partial charge in [0.1, 0.15) is 11.9 Å². The average molecular weight is 160 g/mol. The Kier molecular flexibility index (Phi) is 1.97. The molecule has 54 valence electrons. The smallest absolute Gasteiger partial charge is 0.358 e. The first kappa shape index (κ1) is 7.15. The van der Waals surface area contributed by atoms with Gasteiger partial charge in [-0.3, -0.25) is 0 Å². The monoisotopic (exact) mass is 159 g/mol. The minimum absolute atomic E-state index is 0.468. The van der Waals surface area contributed by atoms with Gasteiger partial charge in [0.25, 0.3) is 0 Å². The van der Waals surface area contributed by atoms with Gasteiger partial charge in [-0.25, -0.2) is 4.79 Å². The Morgan fingerprint density at radius 2 is 2.40 bits per heavy atom. The number of hydrogen-bond acceptors (Lipinski definition) is 2. The number of H-pyrrole nitrogens is 1. The number of rotatable bonds is 1. The summed E-state index contributed by atoms with van der Waals surface area (Å²) in [4.78, 5) is 13.5. The van der Waals surface area contributed by atoms with Gasteiger partial charge in [-0.2, -0.15) is 0 Å². The van der Waals surface area contributed by atoms with Crippen molar-refractivity contribution in [2.75, 3.05) is 0 Å². The Morgan fingerprint density at radius 3 is 2.80 bits per heavy atom. The SMILES string of the molecule is Cc1c[nH]cc1C(=O)OCl. The summed E-state index contributed by atoms with van der Waals surface area (Å²) in [6.07, 6.45) is 3.24. The third kappa shape index (κ3) is 1.14. The predicted octanol–water partition coefficient (Wildman–Crippen LogP) is 1.63. The van der Waals surface area contributed by atoms with Crippen LogP contribution >= 0.6 is 11.9 Å². The van der Waals surface area contributed by atoms with E-state index in [1.54, 1.807) is 19.3 Å². The first-order valence-corrected chi connectivity index (χ1v) is 3.03. The number of hydrogen-bond donors (Lipinski definition) is 1. The van der Waals surface area contributed by atoms with Gasteiger partial charge in [0, 0.05) is 12.4 Å². The Bertz CT molecular complexity index is 244. The van der Waals surface area contributed by atoms with Crippen LogP contribution in [0.4, 0.5) is 0 Å². The van der Waals surface area contributed by atoms with Crippen molar-refractivity contribution in [2.24, 2.45) is 0 Å². The summed E-state index contributed by atoms with van der Waals surface area (Å²) >= 11 is 4.85. The van der Waals surface area contributed by atoms with Gasteiger partial charge in [-0.15, -0.1) is 0 Å². The zero-order chi connectivity index (χ0) is 7.56. The number of halogens is 1.